The summed E-state index contributed by atoms with van der Waals surface area (Å²) in [5.74, 6) is -1.35. The van der Waals surface area contributed by atoms with Gasteiger partial charge in [0.25, 0.3) is 0 Å². The van der Waals surface area contributed by atoms with Crippen molar-refractivity contribution in [1.29, 1.82) is 0 Å². The Morgan fingerprint density at radius 1 is 1.00 bits per heavy atom. The topological polar surface area (TPSA) is 103 Å². The minimum Gasteiger partial charge on any atom is -0.462 e. The first-order valence-corrected chi connectivity index (χ1v) is 12.3. The zero-order valence-corrected chi connectivity index (χ0v) is 20.0. The second-order valence-electron chi connectivity index (χ2n) is 9.10. The third kappa shape index (κ3) is 4.39. The second kappa shape index (κ2) is 9.97. The van der Waals surface area contributed by atoms with Crippen molar-refractivity contribution < 1.29 is 33.1 Å². The van der Waals surface area contributed by atoms with Gasteiger partial charge in [0.2, 0.25) is 11.8 Å². The Balaban J connectivity index is 1.34. The fourth-order valence-corrected chi connectivity index (χ4v) is 5.18. The van der Waals surface area contributed by atoms with E-state index in [9.17, 15) is 19.2 Å². The van der Waals surface area contributed by atoms with Crippen molar-refractivity contribution in [1.82, 2.24) is 4.90 Å². The molecule has 1 aliphatic heterocycles. The molecule has 186 valence electrons. The average molecular weight is 490 g/mol. The number of likely N-dealkylation sites (tertiary alicyclic amines) is 1. The molecular weight excluding hydrogens is 462 g/mol. The highest BCUT2D eigenvalue weighted by molar-refractivity contribution is 6.09. The van der Waals surface area contributed by atoms with E-state index in [0.29, 0.717) is 16.7 Å². The Bertz CT molecular complexity index is 1300. The zero-order valence-electron chi connectivity index (χ0n) is 20.0. The molecule has 1 saturated heterocycles. The number of hydrogen-bond donors (Lipinski definition) is 0. The number of hydrogen-bond acceptors (Lipinski definition) is 7. The van der Waals surface area contributed by atoms with Crippen LogP contribution < -0.4 is 4.74 Å². The van der Waals surface area contributed by atoms with Crippen molar-refractivity contribution in [3.63, 3.8) is 0 Å². The molecule has 2 heterocycles. The molecule has 2 amide bonds. The van der Waals surface area contributed by atoms with Gasteiger partial charge in [-0.3, -0.25) is 19.3 Å². The van der Waals surface area contributed by atoms with Crippen LogP contribution in [0, 0.1) is 11.8 Å². The molecule has 2 aliphatic rings. The third-order valence-electron chi connectivity index (χ3n) is 6.88. The molecule has 0 bridgehead atoms. The number of esters is 2. The number of furan rings is 1. The first-order valence-electron chi connectivity index (χ1n) is 12.3. The van der Waals surface area contributed by atoms with Crippen molar-refractivity contribution >= 4 is 34.7 Å². The minimum absolute atomic E-state index is 0.00366. The molecule has 0 N–H and O–H groups in total. The molecule has 0 radical (unpaired) electrons. The lowest BCUT2D eigenvalue weighted by Crippen LogP contribution is -2.33. The standard InChI is InChI=1S/C28H27NO7/c1-2-34-28(33)24-21-16-18(12-13-22(21)36-25(24)17-8-4-3-5-9-17)35-23(30)14-15-29-26(31)19-10-6-7-11-20(19)27(29)32/h3-5,8-9,12-13,16,19-20H,2,6-7,10-11,14-15H2,1H3/t19-,20-/m1/s1. The number of nitrogens with zero attached hydrogens (tertiary/aromatic N) is 1. The number of carbonyl (C=O) groups is 4. The highest BCUT2D eigenvalue weighted by atomic mass is 16.5. The van der Waals surface area contributed by atoms with Crippen LogP contribution >= 0.6 is 0 Å². The van der Waals surface area contributed by atoms with Crippen molar-refractivity contribution in [3.8, 4) is 17.1 Å². The molecule has 2 aromatic carbocycles. The van der Waals surface area contributed by atoms with Crippen molar-refractivity contribution in [2.75, 3.05) is 13.2 Å². The van der Waals surface area contributed by atoms with Gasteiger partial charge in [-0.15, -0.1) is 0 Å². The summed E-state index contributed by atoms with van der Waals surface area (Å²) in [5, 5.41) is 0.464. The number of rotatable bonds is 7. The number of ether oxygens (including phenoxy) is 2. The fraction of sp³-hybridized carbons (Fsp3) is 0.357. The summed E-state index contributed by atoms with van der Waals surface area (Å²) in [6.45, 7) is 1.92. The summed E-state index contributed by atoms with van der Waals surface area (Å²) in [6.07, 6.45) is 3.25. The van der Waals surface area contributed by atoms with Crippen molar-refractivity contribution in [2.45, 2.75) is 39.0 Å². The van der Waals surface area contributed by atoms with Crippen LogP contribution in [0.25, 0.3) is 22.3 Å². The summed E-state index contributed by atoms with van der Waals surface area (Å²) in [6, 6.07) is 14.0. The zero-order chi connectivity index (χ0) is 25.2. The van der Waals surface area contributed by atoms with Crippen LogP contribution in [0.2, 0.25) is 0 Å². The van der Waals surface area contributed by atoms with E-state index >= 15 is 0 Å². The van der Waals surface area contributed by atoms with Crippen LogP contribution in [0.5, 0.6) is 5.75 Å². The Kier molecular flexibility index (Phi) is 6.59. The van der Waals surface area contributed by atoms with E-state index < -0.39 is 11.9 Å². The summed E-state index contributed by atoms with van der Waals surface area (Å²) in [7, 11) is 0. The van der Waals surface area contributed by atoms with Crippen LogP contribution in [0.4, 0.5) is 0 Å². The number of amides is 2. The number of imide groups is 1. The fourth-order valence-electron chi connectivity index (χ4n) is 5.18. The molecule has 3 aromatic rings. The first kappa shape index (κ1) is 23.8. The lowest BCUT2D eigenvalue weighted by molar-refractivity contribution is -0.141. The van der Waals surface area contributed by atoms with E-state index in [2.05, 4.69) is 0 Å². The van der Waals surface area contributed by atoms with Gasteiger partial charge in [-0.05, 0) is 38.0 Å². The average Bonchev–Trinajstić information content (AvgIpc) is 3.39. The van der Waals surface area contributed by atoms with E-state index in [1.807, 2.05) is 30.3 Å². The third-order valence-corrected chi connectivity index (χ3v) is 6.88. The smallest absolute Gasteiger partial charge is 0.342 e. The van der Waals surface area contributed by atoms with Crippen LogP contribution in [0.3, 0.4) is 0 Å². The molecule has 5 rings (SSSR count). The molecule has 1 aromatic heterocycles. The molecule has 2 fully saturated rings. The molecule has 8 heteroatoms. The second-order valence-corrected chi connectivity index (χ2v) is 9.10. The SMILES string of the molecule is CCOC(=O)c1c(-c2ccccc2)oc2ccc(OC(=O)CCN3C(=O)[C@@H]4CCCC[C@H]4C3=O)cc12. The molecule has 1 aliphatic carbocycles. The molecule has 0 unspecified atom stereocenters. The Morgan fingerprint density at radius 2 is 1.69 bits per heavy atom. The summed E-state index contributed by atoms with van der Waals surface area (Å²) < 4.78 is 16.7. The molecule has 36 heavy (non-hydrogen) atoms. The molecule has 0 spiro atoms. The van der Waals surface area contributed by atoms with E-state index in [0.717, 1.165) is 31.2 Å². The van der Waals surface area contributed by atoms with Gasteiger partial charge < -0.3 is 13.9 Å². The Morgan fingerprint density at radius 3 is 2.36 bits per heavy atom. The van der Waals surface area contributed by atoms with Gasteiger partial charge in [-0.2, -0.15) is 0 Å². The number of carbonyl (C=O) groups excluding carboxylic acids is 4. The molecular formula is C28H27NO7. The largest absolute Gasteiger partial charge is 0.462 e. The summed E-state index contributed by atoms with van der Waals surface area (Å²) in [4.78, 5) is 51.9. The van der Waals surface area contributed by atoms with E-state index in [4.69, 9.17) is 13.9 Å². The van der Waals surface area contributed by atoms with E-state index in [1.54, 1.807) is 25.1 Å². The molecule has 8 nitrogen and oxygen atoms in total. The molecule has 1 saturated carbocycles. The first-order chi connectivity index (χ1) is 17.5. The number of benzene rings is 2. The maximum atomic E-state index is 12.8. The van der Waals surface area contributed by atoms with Gasteiger partial charge in [-0.1, -0.05) is 43.2 Å². The van der Waals surface area contributed by atoms with Gasteiger partial charge in [-0.25, -0.2) is 4.79 Å². The normalized spacial score (nSPS) is 19.4. The van der Waals surface area contributed by atoms with Crippen LogP contribution in [-0.2, 0) is 19.1 Å². The maximum Gasteiger partial charge on any atom is 0.342 e. The lowest BCUT2D eigenvalue weighted by atomic mass is 9.81. The van der Waals surface area contributed by atoms with Crippen LogP contribution in [0.1, 0.15) is 49.4 Å². The van der Waals surface area contributed by atoms with Gasteiger partial charge >= 0.3 is 11.9 Å². The van der Waals surface area contributed by atoms with E-state index in [-0.39, 0.29) is 54.5 Å². The van der Waals surface area contributed by atoms with Crippen LogP contribution in [0.15, 0.2) is 52.9 Å². The summed E-state index contributed by atoms with van der Waals surface area (Å²) in [5.41, 5.74) is 1.43. The highest BCUT2D eigenvalue weighted by Crippen LogP contribution is 2.38. The predicted molar refractivity (Wildman–Crippen MR) is 130 cm³/mol. The maximum absolute atomic E-state index is 12.8. The Hall–Kier alpha value is -3.94. The van der Waals surface area contributed by atoms with Crippen molar-refractivity contribution in [2.24, 2.45) is 11.8 Å². The van der Waals surface area contributed by atoms with Gasteiger partial charge in [0, 0.05) is 17.5 Å². The van der Waals surface area contributed by atoms with Gasteiger partial charge in [0.1, 0.15) is 22.7 Å². The predicted octanol–water partition coefficient (Wildman–Crippen LogP) is 4.75. The lowest BCUT2D eigenvalue weighted by Gasteiger charge is -2.19. The Labute approximate surface area is 208 Å². The quantitative estimate of drug-likeness (QED) is 0.268. The van der Waals surface area contributed by atoms with Gasteiger partial charge in [0.15, 0.2) is 0 Å². The van der Waals surface area contributed by atoms with Gasteiger partial charge in [0.05, 0.1) is 24.9 Å². The highest BCUT2D eigenvalue weighted by Gasteiger charge is 2.47. The minimum atomic E-state index is -0.575. The van der Waals surface area contributed by atoms with Crippen LogP contribution in [-0.4, -0.2) is 41.8 Å². The van der Waals surface area contributed by atoms with E-state index in [1.165, 1.54) is 4.90 Å². The summed E-state index contributed by atoms with van der Waals surface area (Å²) >= 11 is 0. The monoisotopic (exact) mass is 489 g/mol. The number of fused-ring (bicyclic) bond motifs is 2. The molecule has 2 atom stereocenters. The van der Waals surface area contributed by atoms with Crippen molar-refractivity contribution in [3.05, 3.63) is 54.1 Å².